The molecule has 0 spiro atoms. The van der Waals surface area contributed by atoms with E-state index in [0.717, 1.165) is 3.57 Å². The van der Waals surface area contributed by atoms with Crippen molar-refractivity contribution in [2.24, 2.45) is 0 Å². The van der Waals surface area contributed by atoms with Crippen molar-refractivity contribution < 1.29 is 28.2 Å². The molecule has 2 aromatic carbocycles. The minimum absolute atomic E-state index is 0.103. The van der Waals surface area contributed by atoms with E-state index in [1.807, 2.05) is 29.2 Å². The Bertz CT molecular complexity index is 1090. The van der Waals surface area contributed by atoms with Gasteiger partial charge in [0.25, 0.3) is 0 Å². The van der Waals surface area contributed by atoms with E-state index in [1.54, 1.807) is 32.9 Å². The number of para-hydroxylation sites is 1. The molecule has 2 amide bonds. The number of benzene rings is 2. The number of amides is 2. The summed E-state index contributed by atoms with van der Waals surface area (Å²) in [6.45, 7) is 8.00. The number of hydrogen-bond donors (Lipinski definition) is 0. The van der Waals surface area contributed by atoms with E-state index in [9.17, 15) is 14.0 Å². The van der Waals surface area contributed by atoms with Gasteiger partial charge in [0.05, 0.1) is 43.4 Å². The Morgan fingerprint density at radius 3 is 2.57 bits per heavy atom. The van der Waals surface area contributed by atoms with Gasteiger partial charge in [-0.05, 0) is 73.7 Å². The number of carbonyl (C=O) groups excluding carboxylic acids is 2. The normalized spacial score (nSPS) is 18.4. The highest BCUT2D eigenvalue weighted by atomic mass is 127. The van der Waals surface area contributed by atoms with Gasteiger partial charge in [-0.3, -0.25) is 9.80 Å². The summed E-state index contributed by atoms with van der Waals surface area (Å²) in [5.74, 6) is -0.408. The molecule has 0 N–H and O–H groups in total. The predicted molar refractivity (Wildman–Crippen MR) is 140 cm³/mol. The lowest BCUT2D eigenvalue weighted by molar-refractivity contribution is 0.0558. The maximum Gasteiger partial charge on any atom is 0.414 e. The van der Waals surface area contributed by atoms with Gasteiger partial charge in [0.1, 0.15) is 17.5 Å². The van der Waals surface area contributed by atoms with Crippen LogP contribution in [0.15, 0.2) is 42.5 Å². The molecule has 35 heavy (non-hydrogen) atoms. The third-order valence-electron chi connectivity index (χ3n) is 5.61. The average molecular weight is 597 g/mol. The lowest BCUT2D eigenvalue weighted by Gasteiger charge is -2.29. The largest absolute Gasteiger partial charge is 0.443 e. The zero-order valence-corrected chi connectivity index (χ0v) is 22.2. The Morgan fingerprint density at radius 1 is 1.20 bits per heavy atom. The van der Waals surface area contributed by atoms with Crippen molar-refractivity contribution in [1.82, 2.24) is 0 Å². The smallest absolute Gasteiger partial charge is 0.414 e. The third-order valence-corrected chi connectivity index (χ3v) is 6.52. The number of anilines is 3. The first-order valence-electron chi connectivity index (χ1n) is 11.5. The van der Waals surface area contributed by atoms with Crippen molar-refractivity contribution in [2.75, 3.05) is 54.1 Å². The van der Waals surface area contributed by atoms with Crippen LogP contribution in [-0.4, -0.2) is 63.3 Å². The van der Waals surface area contributed by atoms with Crippen LogP contribution in [0.5, 0.6) is 0 Å². The highest BCUT2D eigenvalue weighted by Gasteiger charge is 2.36. The van der Waals surface area contributed by atoms with Crippen LogP contribution < -0.4 is 14.7 Å². The molecule has 2 aliphatic heterocycles. The summed E-state index contributed by atoms with van der Waals surface area (Å²) in [6.07, 6.45) is -1.73. The molecule has 1 atom stereocenters. The first-order valence-corrected chi connectivity index (χ1v) is 12.6. The maximum atomic E-state index is 14.9. The van der Waals surface area contributed by atoms with E-state index >= 15 is 0 Å². The molecule has 0 bridgehead atoms. The lowest BCUT2D eigenvalue weighted by Crippen LogP contribution is -2.42. The molecule has 188 valence electrons. The molecule has 0 unspecified atom stereocenters. The molecule has 0 aliphatic carbocycles. The Labute approximate surface area is 218 Å². The van der Waals surface area contributed by atoms with Crippen LogP contribution in [0, 0.1) is 9.39 Å². The third kappa shape index (κ3) is 6.16. The van der Waals surface area contributed by atoms with E-state index in [1.165, 1.54) is 15.9 Å². The van der Waals surface area contributed by atoms with Crippen molar-refractivity contribution in [3.8, 4) is 0 Å². The number of rotatable bonds is 5. The summed E-state index contributed by atoms with van der Waals surface area (Å²) in [4.78, 5) is 30.5. The van der Waals surface area contributed by atoms with E-state index in [-0.39, 0.29) is 13.1 Å². The molecule has 2 aliphatic rings. The number of cyclic esters (lactones) is 1. The molecule has 0 saturated carbocycles. The summed E-state index contributed by atoms with van der Waals surface area (Å²) < 4.78 is 32.3. The van der Waals surface area contributed by atoms with E-state index in [2.05, 4.69) is 22.6 Å². The molecule has 2 saturated heterocycles. The first-order chi connectivity index (χ1) is 16.6. The SMILES string of the molecule is CC(C)(C)OC(=O)N(C[C@H]1CN(c2ccc(N3CCOCC3)c(F)c2)C(=O)O1)c1ccccc1I. The quantitative estimate of drug-likeness (QED) is 0.451. The van der Waals surface area contributed by atoms with Crippen LogP contribution >= 0.6 is 22.6 Å². The molecular weight excluding hydrogens is 568 g/mol. The van der Waals surface area contributed by atoms with E-state index < -0.39 is 29.7 Å². The molecular formula is C25H29FIN3O5. The summed E-state index contributed by atoms with van der Waals surface area (Å²) >= 11 is 2.15. The van der Waals surface area contributed by atoms with Crippen LogP contribution in [-0.2, 0) is 14.2 Å². The summed E-state index contributed by atoms with van der Waals surface area (Å²) in [5.41, 5.74) is 0.868. The minimum Gasteiger partial charge on any atom is -0.443 e. The molecule has 8 nitrogen and oxygen atoms in total. The maximum absolute atomic E-state index is 14.9. The number of carbonyl (C=O) groups is 2. The second kappa shape index (κ2) is 10.6. The van der Waals surface area contributed by atoms with Crippen LogP contribution in [0.3, 0.4) is 0 Å². The van der Waals surface area contributed by atoms with Crippen LogP contribution in [0.25, 0.3) is 0 Å². The van der Waals surface area contributed by atoms with Gasteiger partial charge in [0, 0.05) is 16.7 Å². The van der Waals surface area contributed by atoms with Gasteiger partial charge in [0.2, 0.25) is 0 Å². The standard InChI is InChI=1S/C25H29FIN3O5/c1-25(2,3)35-24(32)30(22-7-5-4-6-20(22)27)16-18-15-29(23(31)34-18)17-8-9-21(19(26)14-17)28-10-12-33-13-11-28/h4-9,14,18H,10-13,15-16H2,1-3H3/t18-/m1/s1. The fourth-order valence-corrected chi connectivity index (χ4v) is 4.69. The van der Waals surface area contributed by atoms with Crippen LogP contribution in [0.2, 0.25) is 0 Å². The molecule has 0 radical (unpaired) electrons. The van der Waals surface area contributed by atoms with Gasteiger partial charge in [-0.1, -0.05) is 12.1 Å². The molecule has 4 rings (SSSR count). The first kappa shape index (κ1) is 25.5. The molecule has 0 aromatic heterocycles. The monoisotopic (exact) mass is 597 g/mol. The zero-order chi connectivity index (χ0) is 25.2. The average Bonchev–Trinajstić information content (AvgIpc) is 3.17. The number of nitrogens with zero attached hydrogens (tertiary/aromatic N) is 3. The second-order valence-electron chi connectivity index (χ2n) is 9.39. The van der Waals surface area contributed by atoms with Crippen molar-refractivity contribution in [3.63, 3.8) is 0 Å². The van der Waals surface area contributed by atoms with Crippen LogP contribution in [0.1, 0.15) is 20.8 Å². The van der Waals surface area contributed by atoms with Crippen LogP contribution in [0.4, 0.5) is 31.0 Å². The lowest BCUT2D eigenvalue weighted by atomic mass is 10.2. The Kier molecular flexibility index (Phi) is 7.70. The van der Waals surface area contributed by atoms with Gasteiger partial charge >= 0.3 is 12.2 Å². The topological polar surface area (TPSA) is 71.5 Å². The fraction of sp³-hybridized carbons (Fsp3) is 0.440. The van der Waals surface area contributed by atoms with Crippen molar-refractivity contribution in [2.45, 2.75) is 32.5 Å². The number of hydrogen-bond acceptors (Lipinski definition) is 6. The predicted octanol–water partition coefficient (Wildman–Crippen LogP) is 5.03. The van der Waals surface area contributed by atoms with Gasteiger partial charge in [-0.2, -0.15) is 0 Å². The van der Waals surface area contributed by atoms with Crippen molar-refractivity contribution >= 4 is 51.8 Å². The minimum atomic E-state index is -0.687. The number of ether oxygens (including phenoxy) is 3. The number of halogens is 2. The molecule has 10 heteroatoms. The molecule has 2 aromatic rings. The van der Waals surface area contributed by atoms with Gasteiger partial charge < -0.3 is 19.1 Å². The summed E-state index contributed by atoms with van der Waals surface area (Å²) in [7, 11) is 0. The van der Waals surface area contributed by atoms with Crippen molar-refractivity contribution in [1.29, 1.82) is 0 Å². The molecule has 2 heterocycles. The summed E-state index contributed by atoms with van der Waals surface area (Å²) in [6, 6.07) is 12.2. The Balaban J connectivity index is 1.51. The zero-order valence-electron chi connectivity index (χ0n) is 20.0. The van der Waals surface area contributed by atoms with Gasteiger partial charge in [0.15, 0.2) is 0 Å². The Hall–Kier alpha value is -2.60. The van der Waals surface area contributed by atoms with E-state index in [4.69, 9.17) is 14.2 Å². The molecule has 2 fully saturated rings. The Morgan fingerprint density at radius 2 is 1.91 bits per heavy atom. The second-order valence-corrected chi connectivity index (χ2v) is 10.6. The fourth-order valence-electron chi connectivity index (χ4n) is 4.01. The highest BCUT2D eigenvalue weighted by Crippen LogP contribution is 2.30. The van der Waals surface area contributed by atoms with Gasteiger partial charge in [-0.15, -0.1) is 0 Å². The van der Waals surface area contributed by atoms with Gasteiger partial charge in [-0.25, -0.2) is 14.0 Å². The number of morpholine rings is 1. The van der Waals surface area contributed by atoms with E-state index in [0.29, 0.717) is 43.4 Å². The summed E-state index contributed by atoms with van der Waals surface area (Å²) in [5, 5.41) is 0. The highest BCUT2D eigenvalue weighted by molar-refractivity contribution is 14.1. The van der Waals surface area contributed by atoms with Crippen molar-refractivity contribution in [3.05, 3.63) is 51.9 Å².